The summed E-state index contributed by atoms with van der Waals surface area (Å²) in [6.07, 6.45) is 5.59. The first-order valence-electron chi connectivity index (χ1n) is 9.57. The second-order valence-corrected chi connectivity index (χ2v) is 7.21. The highest BCUT2D eigenvalue weighted by molar-refractivity contribution is 5.90. The summed E-state index contributed by atoms with van der Waals surface area (Å²) < 4.78 is 7.14. The fourth-order valence-corrected chi connectivity index (χ4v) is 3.94. The average molecular weight is 370 g/mol. The van der Waals surface area contributed by atoms with Crippen LogP contribution in [0.3, 0.4) is 0 Å². The van der Waals surface area contributed by atoms with Gasteiger partial charge in [-0.3, -0.25) is 4.90 Å². The summed E-state index contributed by atoms with van der Waals surface area (Å²) in [5.74, 6) is 0. The summed E-state index contributed by atoms with van der Waals surface area (Å²) in [6.45, 7) is 6.40. The van der Waals surface area contributed by atoms with Crippen molar-refractivity contribution < 1.29 is 9.53 Å². The monoisotopic (exact) mass is 370 g/mol. The van der Waals surface area contributed by atoms with Gasteiger partial charge in [0.15, 0.2) is 0 Å². The number of piperazine rings is 1. The first-order valence-corrected chi connectivity index (χ1v) is 9.57. The fraction of sp³-hybridized carbons (Fsp3) is 0.526. The third kappa shape index (κ3) is 4.12. The molecule has 2 amide bonds. The molecule has 2 fully saturated rings. The lowest BCUT2D eigenvalue weighted by Gasteiger charge is -2.44. The molecule has 0 saturated carbocycles. The van der Waals surface area contributed by atoms with E-state index in [4.69, 9.17) is 4.74 Å². The van der Waals surface area contributed by atoms with Crippen molar-refractivity contribution in [2.75, 3.05) is 38.2 Å². The highest BCUT2D eigenvalue weighted by Gasteiger charge is 2.31. The number of nitrogens with zero attached hydrogens (tertiary/aromatic N) is 5. The van der Waals surface area contributed by atoms with E-state index in [1.807, 2.05) is 29.2 Å². The van der Waals surface area contributed by atoms with Crippen LogP contribution in [0.2, 0.25) is 0 Å². The standard InChI is InChI=1S/C19H26N6O2/c1-15-14-23(17-5-11-27-12-6-17)9-10-24(15)19(26)21-16-3-2-4-18(13-16)25-8-7-20-22-25/h2-4,7-8,13,15,17H,5-6,9-12,14H2,1H3,(H,21,26)/t15-/m1/s1. The number of nitrogens with one attached hydrogen (secondary N) is 1. The Balaban J connectivity index is 1.37. The Morgan fingerprint density at radius 1 is 1.26 bits per heavy atom. The number of amides is 2. The molecule has 2 aliphatic rings. The Morgan fingerprint density at radius 2 is 2.11 bits per heavy atom. The number of hydrogen-bond acceptors (Lipinski definition) is 5. The zero-order valence-corrected chi connectivity index (χ0v) is 15.6. The van der Waals surface area contributed by atoms with E-state index in [1.54, 1.807) is 17.1 Å². The van der Waals surface area contributed by atoms with Gasteiger partial charge in [-0.15, -0.1) is 5.10 Å². The molecule has 27 heavy (non-hydrogen) atoms. The lowest BCUT2D eigenvalue weighted by atomic mass is 10.0. The smallest absolute Gasteiger partial charge is 0.322 e. The van der Waals surface area contributed by atoms with Crippen LogP contribution in [-0.4, -0.2) is 75.8 Å². The van der Waals surface area contributed by atoms with Gasteiger partial charge in [-0.2, -0.15) is 0 Å². The quantitative estimate of drug-likeness (QED) is 0.894. The summed E-state index contributed by atoms with van der Waals surface area (Å²) in [4.78, 5) is 17.2. The van der Waals surface area contributed by atoms with E-state index >= 15 is 0 Å². The summed E-state index contributed by atoms with van der Waals surface area (Å²) in [5.41, 5.74) is 1.62. The maximum Gasteiger partial charge on any atom is 0.322 e. The minimum absolute atomic E-state index is 0.0510. The second kappa shape index (κ2) is 8.06. The first kappa shape index (κ1) is 17.9. The molecule has 0 radical (unpaired) electrons. The second-order valence-electron chi connectivity index (χ2n) is 7.21. The molecule has 2 aromatic rings. The van der Waals surface area contributed by atoms with Gasteiger partial charge in [0.2, 0.25) is 0 Å². The summed E-state index contributed by atoms with van der Waals surface area (Å²) in [7, 11) is 0. The minimum atomic E-state index is -0.0510. The van der Waals surface area contributed by atoms with Crippen LogP contribution in [0, 0.1) is 0 Å². The minimum Gasteiger partial charge on any atom is -0.381 e. The third-order valence-electron chi connectivity index (χ3n) is 5.41. The highest BCUT2D eigenvalue weighted by Crippen LogP contribution is 2.20. The molecule has 8 heteroatoms. The van der Waals surface area contributed by atoms with Crippen molar-refractivity contribution in [2.45, 2.75) is 31.8 Å². The van der Waals surface area contributed by atoms with E-state index in [2.05, 4.69) is 27.5 Å². The highest BCUT2D eigenvalue weighted by atomic mass is 16.5. The number of carbonyl (C=O) groups excluding carboxylic acids is 1. The van der Waals surface area contributed by atoms with E-state index in [9.17, 15) is 4.79 Å². The van der Waals surface area contributed by atoms with Crippen molar-refractivity contribution in [3.63, 3.8) is 0 Å². The van der Waals surface area contributed by atoms with Gasteiger partial charge in [-0.25, -0.2) is 9.48 Å². The predicted octanol–water partition coefficient (Wildman–Crippen LogP) is 1.98. The van der Waals surface area contributed by atoms with Crippen molar-refractivity contribution in [1.82, 2.24) is 24.8 Å². The molecule has 2 saturated heterocycles. The zero-order chi connectivity index (χ0) is 18.6. The van der Waals surface area contributed by atoms with Crippen LogP contribution in [0.25, 0.3) is 5.69 Å². The van der Waals surface area contributed by atoms with Gasteiger partial charge in [0, 0.05) is 50.6 Å². The lowest BCUT2D eigenvalue weighted by molar-refractivity contribution is 0.00816. The molecule has 144 valence electrons. The molecule has 8 nitrogen and oxygen atoms in total. The zero-order valence-electron chi connectivity index (χ0n) is 15.6. The Hall–Kier alpha value is -2.45. The maximum absolute atomic E-state index is 12.8. The van der Waals surface area contributed by atoms with Crippen molar-refractivity contribution in [3.8, 4) is 5.69 Å². The van der Waals surface area contributed by atoms with Gasteiger partial charge < -0.3 is 15.0 Å². The number of urea groups is 1. The molecule has 4 rings (SSSR count). The van der Waals surface area contributed by atoms with Crippen molar-refractivity contribution in [1.29, 1.82) is 0 Å². The van der Waals surface area contributed by atoms with E-state index in [-0.39, 0.29) is 12.1 Å². The number of aromatic nitrogens is 3. The topological polar surface area (TPSA) is 75.5 Å². The largest absolute Gasteiger partial charge is 0.381 e. The van der Waals surface area contributed by atoms with Crippen LogP contribution < -0.4 is 5.32 Å². The van der Waals surface area contributed by atoms with Gasteiger partial charge in [0.1, 0.15) is 0 Å². The number of ether oxygens (including phenoxy) is 1. The van der Waals surface area contributed by atoms with Crippen molar-refractivity contribution >= 4 is 11.7 Å². The van der Waals surface area contributed by atoms with Gasteiger partial charge in [-0.05, 0) is 38.0 Å². The molecule has 0 aliphatic carbocycles. The number of carbonyl (C=O) groups is 1. The Morgan fingerprint density at radius 3 is 2.85 bits per heavy atom. The SMILES string of the molecule is C[C@@H]1CN(C2CCOCC2)CCN1C(=O)Nc1cccc(-n2ccnn2)c1. The number of benzene rings is 1. The lowest BCUT2D eigenvalue weighted by Crippen LogP contribution is -2.58. The van der Waals surface area contributed by atoms with E-state index < -0.39 is 0 Å². The molecule has 1 aromatic heterocycles. The average Bonchev–Trinajstić information content (AvgIpc) is 3.23. The predicted molar refractivity (Wildman–Crippen MR) is 102 cm³/mol. The Bertz CT molecular complexity index is 759. The molecule has 0 unspecified atom stereocenters. The molecule has 1 N–H and O–H groups in total. The molecule has 1 atom stereocenters. The van der Waals surface area contributed by atoms with Crippen molar-refractivity contribution in [2.24, 2.45) is 0 Å². The van der Waals surface area contributed by atoms with Crippen LogP contribution in [0.15, 0.2) is 36.7 Å². The summed E-state index contributed by atoms with van der Waals surface area (Å²) >= 11 is 0. The van der Waals surface area contributed by atoms with E-state index in [0.717, 1.165) is 57.1 Å². The van der Waals surface area contributed by atoms with Gasteiger partial charge in [-0.1, -0.05) is 11.3 Å². The van der Waals surface area contributed by atoms with Crippen molar-refractivity contribution in [3.05, 3.63) is 36.7 Å². The van der Waals surface area contributed by atoms with Crippen LogP contribution >= 0.6 is 0 Å². The maximum atomic E-state index is 12.8. The van der Waals surface area contributed by atoms with Crippen LogP contribution in [-0.2, 0) is 4.74 Å². The number of anilines is 1. The molecular formula is C19H26N6O2. The molecule has 0 bridgehead atoms. The fourth-order valence-electron chi connectivity index (χ4n) is 3.94. The Kier molecular flexibility index (Phi) is 5.35. The van der Waals surface area contributed by atoms with Gasteiger partial charge in [0.05, 0.1) is 18.1 Å². The number of hydrogen-bond donors (Lipinski definition) is 1. The normalized spacial score (nSPS) is 22.0. The molecule has 0 spiro atoms. The van der Waals surface area contributed by atoms with Crippen LogP contribution in [0.1, 0.15) is 19.8 Å². The molecule has 1 aromatic carbocycles. The van der Waals surface area contributed by atoms with Gasteiger partial charge in [0.25, 0.3) is 0 Å². The third-order valence-corrected chi connectivity index (χ3v) is 5.41. The van der Waals surface area contributed by atoms with Crippen LogP contribution in [0.4, 0.5) is 10.5 Å². The summed E-state index contributed by atoms with van der Waals surface area (Å²) in [6, 6.07) is 8.34. The van der Waals surface area contributed by atoms with E-state index in [0.29, 0.717) is 6.04 Å². The number of rotatable bonds is 3. The molecular weight excluding hydrogens is 344 g/mol. The van der Waals surface area contributed by atoms with Crippen LogP contribution in [0.5, 0.6) is 0 Å². The van der Waals surface area contributed by atoms with Gasteiger partial charge >= 0.3 is 6.03 Å². The molecule has 3 heterocycles. The van der Waals surface area contributed by atoms with E-state index in [1.165, 1.54) is 0 Å². The summed E-state index contributed by atoms with van der Waals surface area (Å²) in [5, 5.41) is 10.8. The Labute approximate surface area is 159 Å². The molecule has 2 aliphatic heterocycles. The first-order chi connectivity index (χ1) is 13.2.